The van der Waals surface area contributed by atoms with Crippen molar-refractivity contribution in [2.75, 3.05) is 24.7 Å². The van der Waals surface area contributed by atoms with Crippen molar-refractivity contribution in [3.63, 3.8) is 0 Å². The molecule has 5 N–H and O–H groups in total. The fourth-order valence-electron chi connectivity index (χ4n) is 3.84. The van der Waals surface area contributed by atoms with Gasteiger partial charge in [-0.3, -0.25) is 4.79 Å². The molecule has 1 atom stereocenters. The zero-order valence-corrected chi connectivity index (χ0v) is 15.9. The van der Waals surface area contributed by atoms with Crippen LogP contribution in [-0.4, -0.2) is 29.3 Å². The number of ether oxygens (including phenoxy) is 1. The Bertz CT molecular complexity index is 1060. The maximum Gasteiger partial charge on any atom is 0.254 e. The van der Waals surface area contributed by atoms with Crippen molar-refractivity contribution >= 4 is 17.4 Å². The third-order valence-electron chi connectivity index (χ3n) is 5.19. The normalized spacial score (nSPS) is 15.6. The first kappa shape index (κ1) is 17.9. The van der Waals surface area contributed by atoms with E-state index in [2.05, 4.69) is 5.32 Å². The van der Waals surface area contributed by atoms with Gasteiger partial charge in [0.05, 0.1) is 13.2 Å². The van der Waals surface area contributed by atoms with E-state index in [4.69, 9.17) is 21.3 Å². The molecule has 7 nitrogen and oxygen atoms in total. The van der Waals surface area contributed by atoms with Crippen LogP contribution in [0, 0.1) is 6.92 Å². The zero-order chi connectivity index (χ0) is 19.8. The molecular formula is C21H23N5O2. The second-order valence-corrected chi connectivity index (χ2v) is 6.93. The lowest BCUT2D eigenvalue weighted by Crippen LogP contribution is -2.26. The van der Waals surface area contributed by atoms with Crippen LogP contribution in [0.1, 0.15) is 33.9 Å². The van der Waals surface area contributed by atoms with E-state index in [0.717, 1.165) is 28.9 Å². The van der Waals surface area contributed by atoms with Gasteiger partial charge in [0.15, 0.2) is 0 Å². The maximum atomic E-state index is 12.3. The summed E-state index contributed by atoms with van der Waals surface area (Å²) in [5, 5.41) is 8.09. The number of aromatic nitrogens is 2. The Morgan fingerprint density at radius 2 is 2.07 bits per heavy atom. The van der Waals surface area contributed by atoms with Crippen LogP contribution in [0.4, 0.5) is 11.5 Å². The summed E-state index contributed by atoms with van der Waals surface area (Å²) in [6.45, 7) is 2.65. The van der Waals surface area contributed by atoms with E-state index in [0.29, 0.717) is 29.3 Å². The summed E-state index contributed by atoms with van der Waals surface area (Å²) in [5.41, 5.74) is 16.4. The van der Waals surface area contributed by atoms with Crippen molar-refractivity contribution < 1.29 is 9.53 Å². The van der Waals surface area contributed by atoms with Crippen LogP contribution in [0.2, 0.25) is 0 Å². The van der Waals surface area contributed by atoms with Gasteiger partial charge in [0.25, 0.3) is 5.91 Å². The Balaban J connectivity index is 1.90. The van der Waals surface area contributed by atoms with Crippen molar-refractivity contribution in [2.45, 2.75) is 19.4 Å². The van der Waals surface area contributed by atoms with Gasteiger partial charge in [-0.2, -0.15) is 5.10 Å². The lowest BCUT2D eigenvalue weighted by atomic mass is 10.00. The van der Waals surface area contributed by atoms with Crippen molar-refractivity contribution in [2.24, 2.45) is 5.73 Å². The van der Waals surface area contributed by atoms with E-state index in [9.17, 15) is 4.79 Å². The van der Waals surface area contributed by atoms with E-state index in [-0.39, 0.29) is 6.04 Å². The standard InChI is InChI=1S/C21H23N5O2/c1-12-11-13(7-8-17(12)28-2)19-18(20(23)27)21-24-10-9-16(26(21)25-19)14-5-3-4-6-15(14)22/h3-8,11,16,24H,9-10,22H2,1-2H3,(H2,23,27). The molecule has 0 fully saturated rings. The molecule has 1 aromatic heterocycles. The van der Waals surface area contributed by atoms with Crippen molar-refractivity contribution in [3.8, 4) is 17.0 Å². The molecule has 28 heavy (non-hydrogen) atoms. The Labute approximate surface area is 163 Å². The van der Waals surface area contributed by atoms with Crippen LogP contribution in [0.5, 0.6) is 5.75 Å². The average molecular weight is 377 g/mol. The largest absolute Gasteiger partial charge is 0.496 e. The molecule has 0 radical (unpaired) electrons. The second kappa shape index (κ2) is 6.92. The maximum absolute atomic E-state index is 12.3. The number of para-hydroxylation sites is 1. The number of methoxy groups -OCH3 is 1. The van der Waals surface area contributed by atoms with Gasteiger partial charge >= 0.3 is 0 Å². The number of fused-ring (bicyclic) bond motifs is 1. The number of anilines is 2. The first-order chi connectivity index (χ1) is 13.5. The molecule has 0 saturated heterocycles. The van der Waals surface area contributed by atoms with Crippen LogP contribution >= 0.6 is 0 Å². The molecule has 2 aromatic carbocycles. The van der Waals surface area contributed by atoms with E-state index in [1.165, 1.54) is 0 Å². The van der Waals surface area contributed by atoms with Gasteiger partial charge in [-0.25, -0.2) is 4.68 Å². The number of amides is 1. The number of hydrogen-bond donors (Lipinski definition) is 3. The molecule has 7 heteroatoms. The highest BCUT2D eigenvalue weighted by molar-refractivity contribution is 6.04. The molecule has 1 aliphatic rings. The predicted molar refractivity (Wildman–Crippen MR) is 110 cm³/mol. The number of carbonyl (C=O) groups excluding carboxylic acids is 1. The number of nitrogen functional groups attached to an aromatic ring is 1. The highest BCUT2D eigenvalue weighted by atomic mass is 16.5. The highest BCUT2D eigenvalue weighted by Crippen LogP contribution is 2.38. The van der Waals surface area contributed by atoms with Crippen LogP contribution in [-0.2, 0) is 0 Å². The molecule has 0 spiro atoms. The molecule has 144 valence electrons. The van der Waals surface area contributed by atoms with Crippen LogP contribution in [0.3, 0.4) is 0 Å². The minimum atomic E-state index is -0.515. The van der Waals surface area contributed by atoms with Crippen LogP contribution in [0.25, 0.3) is 11.3 Å². The van der Waals surface area contributed by atoms with Gasteiger partial charge in [0.1, 0.15) is 22.8 Å². The lowest BCUT2D eigenvalue weighted by Gasteiger charge is -2.27. The Hall–Kier alpha value is -3.48. The van der Waals surface area contributed by atoms with E-state index >= 15 is 0 Å². The number of aryl methyl sites for hydroxylation is 1. The first-order valence-corrected chi connectivity index (χ1v) is 9.17. The fourth-order valence-corrected chi connectivity index (χ4v) is 3.84. The molecule has 2 heterocycles. The molecule has 4 rings (SSSR count). The number of hydrogen-bond acceptors (Lipinski definition) is 5. The zero-order valence-electron chi connectivity index (χ0n) is 15.9. The average Bonchev–Trinajstić information content (AvgIpc) is 3.08. The van der Waals surface area contributed by atoms with E-state index in [1.54, 1.807) is 7.11 Å². The molecular weight excluding hydrogens is 354 g/mol. The summed E-state index contributed by atoms with van der Waals surface area (Å²) in [6, 6.07) is 13.4. The number of rotatable bonds is 4. The third-order valence-corrected chi connectivity index (χ3v) is 5.19. The number of benzene rings is 2. The molecule has 0 aliphatic carbocycles. The Morgan fingerprint density at radius 1 is 1.29 bits per heavy atom. The lowest BCUT2D eigenvalue weighted by molar-refractivity contribution is 0.100. The minimum Gasteiger partial charge on any atom is -0.496 e. The van der Waals surface area contributed by atoms with Gasteiger partial charge < -0.3 is 21.5 Å². The smallest absolute Gasteiger partial charge is 0.254 e. The SMILES string of the molecule is COc1ccc(-c2nn3c(c2C(N)=O)NCCC3c2ccccc2N)cc1C. The van der Waals surface area contributed by atoms with Gasteiger partial charge in [0.2, 0.25) is 0 Å². The number of nitrogens with two attached hydrogens (primary N) is 2. The number of nitrogens with one attached hydrogen (secondary N) is 1. The molecule has 3 aromatic rings. The van der Waals surface area contributed by atoms with Crippen LogP contribution < -0.4 is 21.5 Å². The number of primary amides is 1. The minimum absolute atomic E-state index is 0.0661. The number of carbonyl (C=O) groups is 1. The fraction of sp³-hybridized carbons (Fsp3) is 0.238. The predicted octanol–water partition coefficient (Wildman–Crippen LogP) is 2.95. The van der Waals surface area contributed by atoms with Crippen molar-refractivity contribution in [1.29, 1.82) is 0 Å². The topological polar surface area (TPSA) is 108 Å². The van der Waals surface area contributed by atoms with Gasteiger partial charge in [-0.1, -0.05) is 18.2 Å². The van der Waals surface area contributed by atoms with Gasteiger partial charge in [-0.05, 0) is 48.7 Å². The molecule has 1 unspecified atom stereocenters. The summed E-state index contributed by atoms with van der Waals surface area (Å²) in [7, 11) is 1.63. The number of nitrogens with zero attached hydrogens (tertiary/aromatic N) is 2. The third kappa shape index (κ3) is 2.85. The Kier molecular flexibility index (Phi) is 4.43. The first-order valence-electron chi connectivity index (χ1n) is 9.17. The second-order valence-electron chi connectivity index (χ2n) is 6.93. The van der Waals surface area contributed by atoms with Gasteiger partial charge in [0, 0.05) is 17.8 Å². The molecule has 0 saturated carbocycles. The molecule has 1 aliphatic heterocycles. The highest BCUT2D eigenvalue weighted by Gasteiger charge is 2.31. The summed E-state index contributed by atoms with van der Waals surface area (Å²) in [6.07, 6.45) is 0.808. The summed E-state index contributed by atoms with van der Waals surface area (Å²) >= 11 is 0. The summed E-state index contributed by atoms with van der Waals surface area (Å²) in [5.74, 6) is 0.899. The quantitative estimate of drug-likeness (QED) is 0.606. The summed E-state index contributed by atoms with van der Waals surface area (Å²) < 4.78 is 7.18. The summed E-state index contributed by atoms with van der Waals surface area (Å²) in [4.78, 5) is 12.3. The van der Waals surface area contributed by atoms with Crippen molar-refractivity contribution in [1.82, 2.24) is 9.78 Å². The molecule has 0 bridgehead atoms. The van der Waals surface area contributed by atoms with Gasteiger partial charge in [-0.15, -0.1) is 0 Å². The van der Waals surface area contributed by atoms with E-state index < -0.39 is 5.91 Å². The van der Waals surface area contributed by atoms with Crippen molar-refractivity contribution in [3.05, 3.63) is 59.2 Å². The monoisotopic (exact) mass is 377 g/mol. The van der Waals surface area contributed by atoms with E-state index in [1.807, 2.05) is 54.1 Å². The Morgan fingerprint density at radius 3 is 2.75 bits per heavy atom. The van der Waals surface area contributed by atoms with Crippen LogP contribution in [0.15, 0.2) is 42.5 Å². The molecule has 1 amide bonds.